The van der Waals surface area contributed by atoms with Gasteiger partial charge in [0.15, 0.2) is 5.84 Å². The number of oxime groups is 1. The van der Waals surface area contributed by atoms with E-state index in [-0.39, 0.29) is 5.84 Å². The number of amidine groups is 1. The largest absolute Gasteiger partial charge is 0.409 e. The first kappa shape index (κ1) is 12.7. The molecule has 98 valence electrons. The van der Waals surface area contributed by atoms with E-state index in [1.54, 1.807) is 18.5 Å². The maximum absolute atomic E-state index is 8.83. The fourth-order valence-corrected chi connectivity index (χ4v) is 2.41. The Balaban J connectivity index is 2.27. The molecule has 5 nitrogen and oxygen atoms in total. The number of anilines is 1. The van der Waals surface area contributed by atoms with Crippen LogP contribution in [0.15, 0.2) is 23.6 Å². The third kappa shape index (κ3) is 2.72. The van der Waals surface area contributed by atoms with Crippen molar-refractivity contribution in [2.75, 3.05) is 18.0 Å². The second-order valence-electron chi connectivity index (χ2n) is 4.90. The Morgan fingerprint density at radius 3 is 3.11 bits per heavy atom. The summed E-state index contributed by atoms with van der Waals surface area (Å²) in [6.07, 6.45) is 7.06. The average Bonchev–Trinajstić information content (AvgIpc) is 2.62. The van der Waals surface area contributed by atoms with Crippen LogP contribution >= 0.6 is 0 Å². The van der Waals surface area contributed by atoms with Crippen LogP contribution in [0.2, 0.25) is 0 Å². The Morgan fingerprint density at radius 2 is 2.33 bits per heavy atom. The lowest BCUT2D eigenvalue weighted by molar-refractivity contribution is 0.318. The van der Waals surface area contributed by atoms with Gasteiger partial charge in [0, 0.05) is 24.8 Å². The molecule has 0 saturated carbocycles. The summed E-state index contributed by atoms with van der Waals surface area (Å²) in [4.78, 5) is 6.43. The SMILES string of the molecule is CC1CCCN(c2cnccc2/C(N)=N/O)CC1. The van der Waals surface area contributed by atoms with Gasteiger partial charge in [0.1, 0.15) is 0 Å². The van der Waals surface area contributed by atoms with Gasteiger partial charge in [0.25, 0.3) is 0 Å². The van der Waals surface area contributed by atoms with Gasteiger partial charge in [-0.1, -0.05) is 12.1 Å². The predicted molar refractivity (Wildman–Crippen MR) is 72.0 cm³/mol. The molecule has 2 rings (SSSR count). The number of rotatable bonds is 2. The number of nitrogens with two attached hydrogens (primary N) is 1. The van der Waals surface area contributed by atoms with Crippen LogP contribution in [-0.2, 0) is 0 Å². The third-order valence-corrected chi connectivity index (χ3v) is 3.54. The second-order valence-corrected chi connectivity index (χ2v) is 4.90. The van der Waals surface area contributed by atoms with E-state index >= 15 is 0 Å². The highest BCUT2D eigenvalue weighted by molar-refractivity contribution is 6.02. The van der Waals surface area contributed by atoms with E-state index in [2.05, 4.69) is 22.0 Å². The van der Waals surface area contributed by atoms with Crippen LogP contribution in [0, 0.1) is 5.92 Å². The molecule has 1 fully saturated rings. The second kappa shape index (κ2) is 5.71. The zero-order chi connectivity index (χ0) is 13.0. The van der Waals surface area contributed by atoms with Crippen molar-refractivity contribution < 1.29 is 5.21 Å². The molecular formula is C13H20N4O. The van der Waals surface area contributed by atoms with E-state index < -0.39 is 0 Å². The molecule has 0 bridgehead atoms. The molecule has 0 aromatic carbocycles. The monoisotopic (exact) mass is 248 g/mol. The first-order chi connectivity index (χ1) is 8.72. The molecular weight excluding hydrogens is 228 g/mol. The average molecular weight is 248 g/mol. The number of hydrogen-bond acceptors (Lipinski definition) is 4. The van der Waals surface area contributed by atoms with Crippen LogP contribution in [0.4, 0.5) is 5.69 Å². The lowest BCUT2D eigenvalue weighted by Crippen LogP contribution is -2.28. The summed E-state index contributed by atoms with van der Waals surface area (Å²) in [5.74, 6) is 0.906. The van der Waals surface area contributed by atoms with Crippen molar-refractivity contribution in [2.24, 2.45) is 16.8 Å². The standard InChI is InChI=1S/C13H20N4O/c1-10-3-2-7-17(8-5-10)12-9-15-6-4-11(12)13(14)16-18/h4,6,9-10,18H,2-3,5,7-8H2,1H3,(H2,14,16). The Bertz CT molecular complexity index is 433. The number of pyridine rings is 1. The van der Waals surface area contributed by atoms with Gasteiger partial charge in [0.2, 0.25) is 0 Å². The molecule has 3 N–H and O–H groups in total. The smallest absolute Gasteiger partial charge is 0.172 e. The van der Waals surface area contributed by atoms with Crippen molar-refractivity contribution >= 4 is 11.5 Å². The molecule has 0 amide bonds. The maximum Gasteiger partial charge on any atom is 0.172 e. The van der Waals surface area contributed by atoms with Gasteiger partial charge in [-0.15, -0.1) is 0 Å². The molecule has 1 atom stereocenters. The molecule has 1 aliphatic heterocycles. The zero-order valence-electron chi connectivity index (χ0n) is 10.7. The fraction of sp³-hybridized carbons (Fsp3) is 0.538. The van der Waals surface area contributed by atoms with Crippen LogP contribution in [-0.4, -0.2) is 29.1 Å². The van der Waals surface area contributed by atoms with Gasteiger partial charge in [-0.25, -0.2) is 0 Å². The van der Waals surface area contributed by atoms with Crippen LogP contribution in [0.5, 0.6) is 0 Å². The summed E-state index contributed by atoms with van der Waals surface area (Å²) >= 11 is 0. The topological polar surface area (TPSA) is 74.7 Å². The van der Waals surface area contributed by atoms with E-state index in [4.69, 9.17) is 10.9 Å². The molecule has 1 aliphatic rings. The van der Waals surface area contributed by atoms with Crippen LogP contribution < -0.4 is 10.6 Å². The molecule has 2 heterocycles. The van der Waals surface area contributed by atoms with Crippen LogP contribution in [0.3, 0.4) is 0 Å². The number of nitrogens with zero attached hydrogens (tertiary/aromatic N) is 3. The fourth-order valence-electron chi connectivity index (χ4n) is 2.41. The minimum Gasteiger partial charge on any atom is -0.409 e. The molecule has 0 spiro atoms. The molecule has 1 aromatic rings. The molecule has 1 saturated heterocycles. The molecule has 1 aromatic heterocycles. The van der Waals surface area contributed by atoms with Gasteiger partial charge in [0.05, 0.1) is 11.9 Å². The zero-order valence-corrected chi connectivity index (χ0v) is 10.7. The predicted octanol–water partition coefficient (Wildman–Crippen LogP) is 1.80. The first-order valence-electron chi connectivity index (χ1n) is 6.39. The van der Waals surface area contributed by atoms with Crippen LogP contribution in [0.1, 0.15) is 31.7 Å². The van der Waals surface area contributed by atoms with Crippen molar-refractivity contribution in [1.82, 2.24) is 4.98 Å². The molecule has 18 heavy (non-hydrogen) atoms. The van der Waals surface area contributed by atoms with Crippen molar-refractivity contribution in [3.05, 3.63) is 24.0 Å². The molecule has 1 unspecified atom stereocenters. The Kier molecular flexibility index (Phi) is 4.02. The van der Waals surface area contributed by atoms with E-state index in [0.717, 1.165) is 30.3 Å². The van der Waals surface area contributed by atoms with Crippen LogP contribution in [0.25, 0.3) is 0 Å². The highest BCUT2D eigenvalue weighted by atomic mass is 16.4. The summed E-state index contributed by atoms with van der Waals surface area (Å²) < 4.78 is 0. The number of hydrogen-bond donors (Lipinski definition) is 2. The Hall–Kier alpha value is -1.78. The van der Waals surface area contributed by atoms with Gasteiger partial charge in [-0.05, 0) is 31.2 Å². The van der Waals surface area contributed by atoms with Crippen molar-refractivity contribution in [3.63, 3.8) is 0 Å². The van der Waals surface area contributed by atoms with Gasteiger partial charge in [-0.3, -0.25) is 4.98 Å². The quantitative estimate of drug-likeness (QED) is 0.362. The third-order valence-electron chi connectivity index (χ3n) is 3.54. The lowest BCUT2D eigenvalue weighted by atomic mass is 10.0. The Morgan fingerprint density at radius 1 is 1.50 bits per heavy atom. The Labute approximate surface area is 107 Å². The molecule has 5 heteroatoms. The highest BCUT2D eigenvalue weighted by Gasteiger charge is 2.18. The van der Waals surface area contributed by atoms with E-state index in [0.29, 0.717) is 0 Å². The number of aromatic nitrogens is 1. The minimum absolute atomic E-state index is 0.143. The summed E-state index contributed by atoms with van der Waals surface area (Å²) in [5.41, 5.74) is 7.43. The van der Waals surface area contributed by atoms with E-state index in [9.17, 15) is 0 Å². The summed E-state index contributed by atoms with van der Waals surface area (Å²) in [6.45, 7) is 4.29. The van der Waals surface area contributed by atoms with Gasteiger partial charge < -0.3 is 15.8 Å². The normalized spacial score (nSPS) is 21.7. The first-order valence-corrected chi connectivity index (χ1v) is 6.39. The van der Waals surface area contributed by atoms with Crippen molar-refractivity contribution in [2.45, 2.75) is 26.2 Å². The lowest BCUT2D eigenvalue weighted by Gasteiger charge is -2.24. The summed E-state index contributed by atoms with van der Waals surface area (Å²) in [5, 5.41) is 11.9. The van der Waals surface area contributed by atoms with Crippen molar-refractivity contribution in [1.29, 1.82) is 0 Å². The van der Waals surface area contributed by atoms with E-state index in [1.165, 1.54) is 19.3 Å². The van der Waals surface area contributed by atoms with Gasteiger partial charge in [-0.2, -0.15) is 0 Å². The highest BCUT2D eigenvalue weighted by Crippen LogP contribution is 2.24. The minimum atomic E-state index is 0.143. The molecule has 0 radical (unpaired) electrons. The van der Waals surface area contributed by atoms with E-state index in [1.807, 2.05) is 0 Å². The summed E-state index contributed by atoms with van der Waals surface area (Å²) in [6, 6.07) is 1.79. The van der Waals surface area contributed by atoms with Crippen molar-refractivity contribution in [3.8, 4) is 0 Å². The molecule has 0 aliphatic carbocycles. The van der Waals surface area contributed by atoms with Gasteiger partial charge >= 0.3 is 0 Å². The maximum atomic E-state index is 8.83. The summed E-state index contributed by atoms with van der Waals surface area (Å²) in [7, 11) is 0.